The smallest absolute Gasteiger partial charge is 0.272 e. The lowest BCUT2D eigenvalue weighted by Crippen LogP contribution is -2.15. The van der Waals surface area contributed by atoms with Gasteiger partial charge in [0, 0.05) is 51.8 Å². The van der Waals surface area contributed by atoms with Gasteiger partial charge in [0.1, 0.15) is 37.8 Å². The maximum absolute atomic E-state index is 14.1. The molecule has 0 saturated heterocycles. The molecule has 1 aromatic carbocycles. The van der Waals surface area contributed by atoms with Crippen molar-refractivity contribution in [2.24, 2.45) is 0 Å². The number of nitrogens with zero attached hydrogens (tertiary/aromatic N) is 3. The average molecular weight is 821 g/mol. The Kier molecular flexibility index (Phi) is 10.6. The van der Waals surface area contributed by atoms with Gasteiger partial charge >= 0.3 is 0 Å². The van der Waals surface area contributed by atoms with Gasteiger partial charge in [0.2, 0.25) is 11.8 Å². The Hall–Kier alpha value is -4.92. The lowest BCUT2D eigenvalue weighted by atomic mass is 10.2. The largest absolute Gasteiger partial charge is 0.479 e. The highest BCUT2D eigenvalue weighted by Gasteiger charge is 2.31. The third-order valence-corrected chi connectivity index (χ3v) is 10.8. The number of H-pyrrole nitrogens is 2. The van der Waals surface area contributed by atoms with Crippen molar-refractivity contribution >= 4 is 76.6 Å². The van der Waals surface area contributed by atoms with E-state index >= 15 is 0 Å². The van der Waals surface area contributed by atoms with Crippen molar-refractivity contribution in [1.29, 1.82) is 0 Å². The van der Waals surface area contributed by atoms with Gasteiger partial charge in [0.05, 0.1) is 12.8 Å². The molecule has 0 radical (unpaired) electrons. The number of halogens is 7. The van der Waals surface area contributed by atoms with E-state index in [2.05, 4.69) is 34.4 Å². The first kappa shape index (κ1) is 37.8. The van der Waals surface area contributed by atoms with Crippen LogP contribution in [0.15, 0.2) is 64.6 Å². The lowest BCUT2D eigenvalue weighted by molar-refractivity contribution is 0.0770. The zero-order valence-electron chi connectivity index (χ0n) is 26.7. The Balaban J connectivity index is 0.000000182. The molecule has 5 aromatic heterocycles. The fraction of sp³-hybridized carbons (Fsp3) is 0.194. The van der Waals surface area contributed by atoms with E-state index in [4.69, 9.17) is 27.9 Å². The van der Waals surface area contributed by atoms with Crippen molar-refractivity contribution in [3.63, 3.8) is 0 Å². The van der Waals surface area contributed by atoms with Crippen LogP contribution < -0.4 is 18.9 Å². The Morgan fingerprint density at radius 2 is 1.47 bits per heavy atom. The average Bonchev–Trinajstić information content (AvgIpc) is 3.69. The number of ether oxygens (including phenoxy) is 2. The molecule has 1 saturated carbocycles. The van der Waals surface area contributed by atoms with Gasteiger partial charge in [-0.2, -0.15) is 9.37 Å². The molecule has 0 spiro atoms. The van der Waals surface area contributed by atoms with Crippen LogP contribution in [0.3, 0.4) is 0 Å². The van der Waals surface area contributed by atoms with Gasteiger partial charge in [0.15, 0.2) is 12.4 Å². The number of sulfonamides is 2. The first-order chi connectivity index (χ1) is 25.1. The molecule has 7 rings (SSSR count). The predicted octanol–water partition coefficient (Wildman–Crippen LogP) is 7.38. The highest BCUT2D eigenvalue weighted by molar-refractivity contribution is 7.93. The molecule has 0 atom stereocenters. The van der Waals surface area contributed by atoms with Crippen LogP contribution in [0.4, 0.5) is 33.3 Å². The van der Waals surface area contributed by atoms with Crippen LogP contribution in [0.1, 0.15) is 24.5 Å². The van der Waals surface area contributed by atoms with Crippen LogP contribution in [-0.2, 0) is 20.0 Å². The molecule has 1 aliphatic carbocycles. The second-order valence-electron chi connectivity index (χ2n) is 11.2. The van der Waals surface area contributed by atoms with Gasteiger partial charge in [0.25, 0.3) is 32.4 Å². The third kappa shape index (κ3) is 8.34. The van der Waals surface area contributed by atoms with Crippen LogP contribution in [-0.4, -0.2) is 61.9 Å². The monoisotopic (exact) mass is 819 g/mol. The summed E-state index contributed by atoms with van der Waals surface area (Å²) in [7, 11) is -7.19. The maximum Gasteiger partial charge on any atom is 0.272 e. The van der Waals surface area contributed by atoms with Gasteiger partial charge < -0.3 is 19.4 Å². The highest BCUT2D eigenvalue weighted by atomic mass is 35.5. The SMILES string of the molecule is COc1nc(OCC(F)F)c(F)cc1NS(=O)(=O)c1c[nH]c2cc(Cl)ccc12.O=S(=O)(Nc1cc(F)c(C2CC2)nc1F)c1c[nH]c2nc(Cl)ccc12. The maximum atomic E-state index is 14.1. The molecular weight excluding hydrogens is 796 g/mol. The molecular formula is C31H24Cl2F5N7O6S2. The van der Waals surface area contributed by atoms with Crippen LogP contribution in [0.25, 0.3) is 21.9 Å². The molecule has 5 heterocycles. The number of methoxy groups -OCH3 is 1. The van der Waals surface area contributed by atoms with Gasteiger partial charge in [-0.1, -0.05) is 23.2 Å². The summed E-state index contributed by atoms with van der Waals surface area (Å²) < 4.78 is 131. The topological polar surface area (TPSA) is 181 Å². The van der Waals surface area contributed by atoms with E-state index in [0.29, 0.717) is 15.9 Å². The summed E-state index contributed by atoms with van der Waals surface area (Å²) in [4.78, 5) is 16.3. The van der Waals surface area contributed by atoms with E-state index in [1.54, 1.807) is 6.07 Å². The van der Waals surface area contributed by atoms with Crippen molar-refractivity contribution in [1.82, 2.24) is 24.9 Å². The predicted molar refractivity (Wildman–Crippen MR) is 184 cm³/mol. The van der Waals surface area contributed by atoms with E-state index in [0.717, 1.165) is 32.1 Å². The number of fused-ring (bicyclic) bond motifs is 2. The van der Waals surface area contributed by atoms with Crippen molar-refractivity contribution in [3.8, 4) is 11.8 Å². The van der Waals surface area contributed by atoms with Crippen molar-refractivity contribution in [3.05, 3.63) is 88.3 Å². The molecule has 22 heteroatoms. The minimum absolute atomic E-state index is 0.0337. The molecule has 0 aliphatic heterocycles. The number of nitrogens with one attached hydrogen (secondary N) is 4. The normalized spacial score (nSPS) is 13.2. The lowest BCUT2D eigenvalue weighted by Gasteiger charge is -2.13. The zero-order chi connectivity index (χ0) is 38.2. The van der Waals surface area contributed by atoms with Crippen molar-refractivity contribution in [2.45, 2.75) is 35.0 Å². The molecule has 1 aliphatic rings. The van der Waals surface area contributed by atoms with Gasteiger partial charge in [-0.3, -0.25) is 9.44 Å². The highest BCUT2D eigenvalue weighted by Crippen LogP contribution is 2.41. The molecule has 0 amide bonds. The molecule has 1 fully saturated rings. The number of rotatable bonds is 11. The Bertz CT molecular complexity index is 2570. The standard InChI is InChI=1S/C16H13ClF3N3O4S.C15H11ClF2N4O2S/c1-26-16-12(5-10(18)15(22-16)27-7-14(19)20)23-28(24,25)13-6-21-11-4-8(17)2-3-9(11)13;16-12-4-3-8-11(6-19-15(8)20-12)25(23,24)22-10-5-9(17)13(7-1-2-7)21-14(10)18/h2-6,14,21,23H,7H2,1H3;3-7,22H,1-2H2,(H,19,20). The fourth-order valence-electron chi connectivity index (χ4n) is 4.99. The number of alkyl halides is 2. The number of aromatic nitrogens is 5. The summed E-state index contributed by atoms with van der Waals surface area (Å²) in [5, 5.41) is 1.25. The number of hydrogen-bond acceptors (Lipinski definition) is 9. The molecule has 0 bridgehead atoms. The van der Waals surface area contributed by atoms with E-state index in [-0.39, 0.29) is 49.2 Å². The first-order valence-electron chi connectivity index (χ1n) is 15.0. The number of anilines is 2. The summed E-state index contributed by atoms with van der Waals surface area (Å²) in [6, 6.07) is 9.04. The van der Waals surface area contributed by atoms with Gasteiger partial charge in [-0.15, -0.1) is 0 Å². The molecule has 6 aromatic rings. The summed E-state index contributed by atoms with van der Waals surface area (Å²) >= 11 is 11.6. The van der Waals surface area contributed by atoms with Crippen molar-refractivity contribution < 1.29 is 48.3 Å². The quantitative estimate of drug-likeness (QED) is 0.0766. The van der Waals surface area contributed by atoms with E-state index in [9.17, 15) is 38.8 Å². The number of hydrogen-bond donors (Lipinski definition) is 4. The molecule has 4 N–H and O–H groups in total. The summed E-state index contributed by atoms with van der Waals surface area (Å²) in [6.07, 6.45) is 1.12. The number of pyridine rings is 3. The second kappa shape index (κ2) is 14.8. The minimum Gasteiger partial charge on any atom is -0.479 e. The molecule has 53 heavy (non-hydrogen) atoms. The Morgan fingerprint density at radius 1 is 0.830 bits per heavy atom. The molecule has 13 nitrogen and oxygen atoms in total. The summed E-state index contributed by atoms with van der Waals surface area (Å²) in [5.41, 5.74) is -0.0844. The summed E-state index contributed by atoms with van der Waals surface area (Å²) in [6.45, 7) is -1.07. The Morgan fingerprint density at radius 3 is 2.15 bits per heavy atom. The van der Waals surface area contributed by atoms with Crippen LogP contribution in [0.2, 0.25) is 10.2 Å². The second-order valence-corrected chi connectivity index (χ2v) is 15.4. The fourth-order valence-corrected chi connectivity index (χ4v) is 7.75. The number of aromatic amines is 2. The van der Waals surface area contributed by atoms with Crippen molar-refractivity contribution in [2.75, 3.05) is 23.2 Å². The van der Waals surface area contributed by atoms with Crippen LogP contribution in [0.5, 0.6) is 11.8 Å². The third-order valence-electron chi connectivity index (χ3n) is 7.51. The molecule has 0 unspecified atom stereocenters. The summed E-state index contributed by atoms with van der Waals surface area (Å²) in [5.74, 6) is -4.10. The Labute approximate surface area is 307 Å². The minimum atomic E-state index is -4.18. The van der Waals surface area contributed by atoms with Gasteiger partial charge in [-0.25, -0.2) is 44.4 Å². The first-order valence-corrected chi connectivity index (χ1v) is 18.8. The van der Waals surface area contributed by atoms with Gasteiger partial charge in [-0.05, 0) is 43.2 Å². The van der Waals surface area contributed by atoms with E-state index < -0.39 is 62.2 Å². The zero-order valence-corrected chi connectivity index (χ0v) is 29.9. The molecule has 280 valence electrons. The van der Waals surface area contributed by atoms with Crippen LogP contribution in [0, 0.1) is 17.6 Å². The van der Waals surface area contributed by atoms with E-state index in [1.807, 2.05) is 4.72 Å². The number of benzene rings is 1. The van der Waals surface area contributed by atoms with Crippen LogP contribution >= 0.6 is 23.2 Å². The van der Waals surface area contributed by atoms with E-state index in [1.165, 1.54) is 36.7 Å².